The van der Waals surface area contributed by atoms with Crippen LogP contribution in [0.15, 0.2) is 20.9 Å². The van der Waals surface area contributed by atoms with E-state index in [9.17, 15) is 0 Å². The molecule has 2 fully saturated rings. The zero-order valence-corrected chi connectivity index (χ0v) is 17.0. The van der Waals surface area contributed by atoms with Crippen molar-refractivity contribution in [3.05, 3.63) is 11.6 Å². The van der Waals surface area contributed by atoms with Crippen molar-refractivity contribution >= 4 is 29.1 Å². The molecule has 0 aliphatic carbocycles. The zero-order chi connectivity index (χ0) is 17.3. The summed E-state index contributed by atoms with van der Waals surface area (Å²) in [6, 6.07) is 0. The molecule has 1 atom stereocenters. The molecule has 0 spiro atoms. The molecule has 0 saturated carbocycles. The molecule has 1 aromatic rings. The number of rotatable bonds is 8. The van der Waals surface area contributed by atoms with Crippen molar-refractivity contribution in [1.82, 2.24) is 20.1 Å². The molecule has 7 heteroatoms. The molecule has 2 aliphatic rings. The Bertz CT molecular complexity index is 514. The van der Waals surface area contributed by atoms with Gasteiger partial charge in [-0.1, -0.05) is 11.8 Å². The van der Waals surface area contributed by atoms with Crippen molar-refractivity contribution in [2.75, 3.05) is 51.6 Å². The Hall–Kier alpha value is -0.790. The number of aliphatic imine (C=N–C) groups is 1. The Morgan fingerprint density at radius 1 is 1.40 bits per heavy atom. The summed E-state index contributed by atoms with van der Waals surface area (Å²) in [6.45, 7) is 10.2. The highest BCUT2D eigenvalue weighted by molar-refractivity contribution is 8.00. The Kier molecular flexibility index (Phi) is 7.88. The third-order valence-corrected chi connectivity index (χ3v) is 6.89. The molecule has 1 N–H and O–H groups in total. The highest BCUT2D eigenvalue weighted by Gasteiger charge is 2.27. The number of thioether (sulfide) groups is 1. The van der Waals surface area contributed by atoms with E-state index in [0.29, 0.717) is 0 Å². The summed E-state index contributed by atoms with van der Waals surface area (Å²) in [6.07, 6.45) is 7.06. The maximum atomic E-state index is 4.87. The van der Waals surface area contributed by atoms with E-state index >= 15 is 0 Å². The van der Waals surface area contributed by atoms with Crippen LogP contribution in [0.2, 0.25) is 0 Å². The molecule has 5 nitrogen and oxygen atoms in total. The van der Waals surface area contributed by atoms with Crippen LogP contribution in [0.25, 0.3) is 0 Å². The lowest BCUT2D eigenvalue weighted by Crippen LogP contribution is -2.40. The van der Waals surface area contributed by atoms with Gasteiger partial charge in [0.05, 0.1) is 0 Å². The van der Waals surface area contributed by atoms with Gasteiger partial charge in [-0.15, -0.1) is 11.3 Å². The summed E-state index contributed by atoms with van der Waals surface area (Å²) in [4.78, 5) is 14.3. The van der Waals surface area contributed by atoms with Crippen LogP contribution >= 0.6 is 23.1 Å². The number of guanidine groups is 1. The maximum absolute atomic E-state index is 4.87. The first kappa shape index (κ1) is 19.0. The van der Waals surface area contributed by atoms with Gasteiger partial charge in [-0.2, -0.15) is 0 Å². The van der Waals surface area contributed by atoms with Crippen molar-refractivity contribution in [3.63, 3.8) is 0 Å². The molecule has 0 aromatic carbocycles. The fourth-order valence-corrected chi connectivity index (χ4v) is 5.25. The minimum atomic E-state index is 0.808. The number of hydrogen-bond acceptors (Lipinski definition) is 5. The summed E-state index contributed by atoms with van der Waals surface area (Å²) in [5.41, 5.74) is 0. The summed E-state index contributed by atoms with van der Waals surface area (Å²) in [5, 5.41) is 5.53. The van der Waals surface area contributed by atoms with Gasteiger partial charge in [-0.05, 0) is 51.6 Å². The van der Waals surface area contributed by atoms with Crippen LogP contribution in [-0.2, 0) is 0 Å². The molecule has 2 saturated heterocycles. The van der Waals surface area contributed by atoms with Gasteiger partial charge >= 0.3 is 0 Å². The number of nitrogens with zero attached hydrogens (tertiary/aromatic N) is 4. The lowest BCUT2D eigenvalue weighted by Gasteiger charge is -2.23. The van der Waals surface area contributed by atoms with Crippen LogP contribution in [-0.4, -0.2) is 72.3 Å². The molecule has 3 rings (SSSR count). The summed E-state index contributed by atoms with van der Waals surface area (Å²) in [5.74, 6) is 3.02. The van der Waals surface area contributed by atoms with Gasteiger partial charge in [0.25, 0.3) is 0 Å². The Labute approximate surface area is 160 Å². The van der Waals surface area contributed by atoms with E-state index in [4.69, 9.17) is 4.99 Å². The van der Waals surface area contributed by atoms with Crippen LogP contribution in [0.3, 0.4) is 0 Å². The van der Waals surface area contributed by atoms with Gasteiger partial charge in [0, 0.05) is 50.1 Å². The van der Waals surface area contributed by atoms with Crippen LogP contribution < -0.4 is 5.32 Å². The SMILES string of the molecule is CCNC(=NCCCSc1nccs1)N1CCC(CN2CCCC2)C1. The quantitative estimate of drug-likeness (QED) is 0.325. The van der Waals surface area contributed by atoms with Gasteiger partial charge in [-0.25, -0.2) is 4.98 Å². The Morgan fingerprint density at radius 2 is 2.28 bits per heavy atom. The zero-order valence-electron chi connectivity index (χ0n) is 15.3. The topological polar surface area (TPSA) is 43.8 Å². The van der Waals surface area contributed by atoms with Crippen molar-refractivity contribution < 1.29 is 0 Å². The monoisotopic (exact) mass is 381 g/mol. The molecule has 140 valence electrons. The van der Waals surface area contributed by atoms with E-state index in [-0.39, 0.29) is 0 Å². The highest BCUT2D eigenvalue weighted by Crippen LogP contribution is 2.21. The maximum Gasteiger partial charge on any atom is 0.193 e. The molecule has 1 unspecified atom stereocenters. The van der Waals surface area contributed by atoms with Gasteiger partial charge in [-0.3, -0.25) is 4.99 Å². The minimum absolute atomic E-state index is 0.808. The second-order valence-electron chi connectivity index (χ2n) is 6.84. The van der Waals surface area contributed by atoms with Crippen molar-refractivity contribution in [2.45, 2.75) is 36.9 Å². The van der Waals surface area contributed by atoms with Crippen molar-refractivity contribution in [3.8, 4) is 0 Å². The van der Waals surface area contributed by atoms with E-state index in [1.807, 2.05) is 23.3 Å². The van der Waals surface area contributed by atoms with Crippen molar-refractivity contribution in [1.29, 1.82) is 0 Å². The summed E-state index contributed by atoms with van der Waals surface area (Å²) >= 11 is 3.56. The van der Waals surface area contributed by atoms with Gasteiger partial charge in [0.2, 0.25) is 0 Å². The molecule has 3 heterocycles. The summed E-state index contributed by atoms with van der Waals surface area (Å²) in [7, 11) is 0. The second kappa shape index (κ2) is 10.4. The van der Waals surface area contributed by atoms with Crippen molar-refractivity contribution in [2.24, 2.45) is 10.9 Å². The molecule has 0 bridgehead atoms. The molecule has 1 aromatic heterocycles. The molecule has 0 radical (unpaired) electrons. The van der Waals surface area contributed by atoms with E-state index < -0.39 is 0 Å². The first-order valence-corrected chi connectivity index (χ1v) is 11.5. The number of nitrogens with one attached hydrogen (secondary N) is 1. The average Bonchev–Trinajstić information content (AvgIpc) is 3.37. The number of hydrogen-bond donors (Lipinski definition) is 1. The van der Waals surface area contributed by atoms with Crippen LogP contribution in [0.1, 0.15) is 32.6 Å². The fourth-order valence-electron chi connectivity index (χ4n) is 3.62. The fraction of sp³-hybridized carbons (Fsp3) is 0.778. The highest BCUT2D eigenvalue weighted by atomic mass is 32.2. The minimum Gasteiger partial charge on any atom is -0.357 e. The smallest absolute Gasteiger partial charge is 0.193 e. The molecule has 2 aliphatic heterocycles. The first-order chi connectivity index (χ1) is 12.3. The lowest BCUT2D eigenvalue weighted by atomic mass is 10.1. The third-order valence-electron chi connectivity index (χ3n) is 4.83. The lowest BCUT2D eigenvalue weighted by molar-refractivity contribution is 0.281. The third kappa shape index (κ3) is 6.15. The Balaban J connectivity index is 1.40. The normalized spacial score (nSPS) is 22.0. The van der Waals surface area contributed by atoms with E-state index in [1.54, 1.807) is 11.3 Å². The van der Waals surface area contributed by atoms with Gasteiger partial charge in [0.15, 0.2) is 5.96 Å². The molecule has 25 heavy (non-hydrogen) atoms. The van der Waals surface area contributed by atoms with Gasteiger partial charge < -0.3 is 15.1 Å². The molecule has 0 amide bonds. The van der Waals surface area contributed by atoms with Crippen LogP contribution in [0, 0.1) is 5.92 Å². The molecular weight excluding hydrogens is 350 g/mol. The van der Waals surface area contributed by atoms with Gasteiger partial charge in [0.1, 0.15) is 4.34 Å². The predicted molar refractivity (Wildman–Crippen MR) is 109 cm³/mol. The van der Waals surface area contributed by atoms with E-state index in [2.05, 4.69) is 27.0 Å². The van der Waals surface area contributed by atoms with E-state index in [0.717, 1.165) is 50.2 Å². The average molecular weight is 382 g/mol. The van der Waals surface area contributed by atoms with Crippen LogP contribution in [0.5, 0.6) is 0 Å². The molecular formula is C18H31N5S2. The number of likely N-dealkylation sites (tertiary alicyclic amines) is 2. The predicted octanol–water partition coefficient (Wildman–Crippen LogP) is 3.01. The summed E-state index contributed by atoms with van der Waals surface area (Å²) < 4.78 is 1.17. The number of thiazole rings is 1. The van der Waals surface area contributed by atoms with Crippen LogP contribution in [0.4, 0.5) is 0 Å². The Morgan fingerprint density at radius 3 is 3.04 bits per heavy atom. The standard InChI is InChI=1S/C18H31N5S2/c1-2-19-17(20-7-5-12-24-18-21-8-13-25-18)23-11-6-16(15-23)14-22-9-3-4-10-22/h8,13,16H,2-7,9-12,14-15H2,1H3,(H,19,20). The second-order valence-corrected chi connectivity index (χ2v) is 9.08. The first-order valence-electron chi connectivity index (χ1n) is 9.63. The largest absolute Gasteiger partial charge is 0.357 e. The number of aromatic nitrogens is 1. The van der Waals surface area contributed by atoms with E-state index in [1.165, 1.54) is 43.2 Å².